The van der Waals surface area contributed by atoms with E-state index in [9.17, 15) is 8.42 Å². The van der Waals surface area contributed by atoms with Gasteiger partial charge in [0, 0.05) is 25.7 Å². The first-order valence-electron chi connectivity index (χ1n) is 8.37. The Morgan fingerprint density at radius 3 is 2.83 bits per heavy atom. The van der Waals surface area contributed by atoms with Gasteiger partial charge >= 0.3 is 0 Å². The molecule has 1 N–H and O–H groups in total. The third-order valence-electron chi connectivity index (χ3n) is 4.55. The van der Waals surface area contributed by atoms with Gasteiger partial charge in [-0.15, -0.1) is 0 Å². The summed E-state index contributed by atoms with van der Waals surface area (Å²) in [6, 6.07) is 5.58. The standard InChI is InChI=1S/C16H22N2O5S/c19-24(20,15-3-1-2-14-16(15)23-9-8-22-14)17-10-13-11-18(6-7-21-13)12-4-5-12/h1-3,12-13,17H,4-11H2. The number of nitrogens with zero attached hydrogens (tertiary/aromatic N) is 1. The van der Waals surface area contributed by atoms with E-state index in [2.05, 4.69) is 9.62 Å². The van der Waals surface area contributed by atoms with Crippen LogP contribution in [-0.2, 0) is 14.8 Å². The van der Waals surface area contributed by atoms with Crippen LogP contribution < -0.4 is 14.2 Å². The molecule has 132 valence electrons. The summed E-state index contributed by atoms with van der Waals surface area (Å²) in [6.45, 7) is 3.40. The van der Waals surface area contributed by atoms with Crippen molar-refractivity contribution in [2.75, 3.05) is 39.5 Å². The van der Waals surface area contributed by atoms with Gasteiger partial charge in [-0.3, -0.25) is 4.90 Å². The van der Waals surface area contributed by atoms with Gasteiger partial charge < -0.3 is 14.2 Å². The highest BCUT2D eigenvalue weighted by atomic mass is 32.2. The van der Waals surface area contributed by atoms with Crippen LogP contribution in [0.5, 0.6) is 11.5 Å². The second kappa shape index (κ2) is 6.51. The Balaban J connectivity index is 1.44. The molecule has 0 spiro atoms. The predicted molar refractivity (Wildman–Crippen MR) is 87.0 cm³/mol. The molecule has 2 heterocycles. The maximum Gasteiger partial charge on any atom is 0.244 e. The van der Waals surface area contributed by atoms with E-state index in [0.29, 0.717) is 37.4 Å². The monoisotopic (exact) mass is 354 g/mol. The van der Waals surface area contributed by atoms with Gasteiger partial charge in [0.1, 0.15) is 18.1 Å². The fourth-order valence-electron chi connectivity index (χ4n) is 3.18. The zero-order chi connectivity index (χ0) is 16.6. The molecule has 0 bridgehead atoms. The molecule has 2 fully saturated rings. The first kappa shape index (κ1) is 16.1. The summed E-state index contributed by atoms with van der Waals surface area (Å²) in [7, 11) is -3.68. The molecule has 1 saturated carbocycles. The molecule has 2 aliphatic heterocycles. The van der Waals surface area contributed by atoms with Crippen LogP contribution in [0.2, 0.25) is 0 Å². The lowest BCUT2D eigenvalue weighted by molar-refractivity contribution is -0.0277. The fourth-order valence-corrected chi connectivity index (χ4v) is 4.40. The normalized spacial score (nSPS) is 24.8. The number of benzene rings is 1. The number of rotatable bonds is 5. The maximum atomic E-state index is 12.7. The minimum absolute atomic E-state index is 0.120. The van der Waals surface area contributed by atoms with Gasteiger partial charge in [-0.1, -0.05) is 6.07 Å². The van der Waals surface area contributed by atoms with Crippen molar-refractivity contribution in [3.8, 4) is 11.5 Å². The van der Waals surface area contributed by atoms with Crippen LogP contribution in [-0.4, -0.2) is 64.9 Å². The minimum atomic E-state index is -3.68. The van der Waals surface area contributed by atoms with Crippen molar-refractivity contribution in [2.45, 2.75) is 29.9 Å². The van der Waals surface area contributed by atoms with Crippen LogP contribution in [0, 0.1) is 0 Å². The summed E-state index contributed by atoms with van der Waals surface area (Å²) in [6.07, 6.45) is 2.36. The molecule has 7 nitrogen and oxygen atoms in total. The Labute approximate surface area is 141 Å². The van der Waals surface area contributed by atoms with Gasteiger partial charge in [0.25, 0.3) is 0 Å². The van der Waals surface area contributed by atoms with Gasteiger partial charge in [-0.2, -0.15) is 0 Å². The molecule has 24 heavy (non-hydrogen) atoms. The van der Waals surface area contributed by atoms with Gasteiger partial charge in [0.15, 0.2) is 11.5 Å². The van der Waals surface area contributed by atoms with E-state index >= 15 is 0 Å². The number of ether oxygens (including phenoxy) is 3. The van der Waals surface area contributed by atoms with E-state index < -0.39 is 10.0 Å². The van der Waals surface area contributed by atoms with E-state index in [1.807, 2.05) is 0 Å². The van der Waals surface area contributed by atoms with E-state index in [-0.39, 0.29) is 17.5 Å². The van der Waals surface area contributed by atoms with Gasteiger partial charge in [-0.25, -0.2) is 13.1 Å². The number of para-hydroxylation sites is 1. The molecular formula is C16H22N2O5S. The topological polar surface area (TPSA) is 77.1 Å². The Bertz CT molecular complexity index is 704. The zero-order valence-corrected chi connectivity index (χ0v) is 14.3. The average molecular weight is 354 g/mol. The smallest absolute Gasteiger partial charge is 0.244 e. The van der Waals surface area contributed by atoms with Crippen molar-refractivity contribution < 1.29 is 22.6 Å². The van der Waals surface area contributed by atoms with E-state index in [1.54, 1.807) is 12.1 Å². The molecule has 4 rings (SSSR count). The number of morpholine rings is 1. The molecule has 1 aromatic carbocycles. The molecule has 1 aliphatic carbocycles. The summed E-state index contributed by atoms with van der Waals surface area (Å²) >= 11 is 0. The molecule has 1 atom stereocenters. The number of hydrogen-bond acceptors (Lipinski definition) is 6. The van der Waals surface area contributed by atoms with Crippen LogP contribution in [0.4, 0.5) is 0 Å². The summed E-state index contributed by atoms with van der Waals surface area (Å²) in [5, 5.41) is 0. The van der Waals surface area contributed by atoms with Crippen LogP contribution >= 0.6 is 0 Å². The Kier molecular flexibility index (Phi) is 4.38. The summed E-state index contributed by atoms with van der Waals surface area (Å²) in [5.74, 6) is 0.762. The van der Waals surface area contributed by atoms with Crippen LogP contribution in [0.1, 0.15) is 12.8 Å². The summed E-state index contributed by atoms with van der Waals surface area (Å²) in [4.78, 5) is 2.51. The molecular weight excluding hydrogens is 332 g/mol. The largest absolute Gasteiger partial charge is 0.486 e. The molecule has 0 aromatic heterocycles. The summed E-state index contributed by atoms with van der Waals surface area (Å²) < 4.78 is 44.6. The van der Waals surface area contributed by atoms with Crippen molar-refractivity contribution in [1.29, 1.82) is 0 Å². The Morgan fingerprint density at radius 2 is 2.00 bits per heavy atom. The van der Waals surface area contributed by atoms with Gasteiger partial charge in [0.2, 0.25) is 10.0 Å². The van der Waals surface area contributed by atoms with E-state index in [4.69, 9.17) is 14.2 Å². The van der Waals surface area contributed by atoms with Crippen molar-refractivity contribution in [3.05, 3.63) is 18.2 Å². The lowest BCUT2D eigenvalue weighted by atomic mass is 10.2. The van der Waals surface area contributed by atoms with E-state index in [1.165, 1.54) is 18.9 Å². The van der Waals surface area contributed by atoms with Gasteiger partial charge in [0.05, 0.1) is 12.7 Å². The lowest BCUT2D eigenvalue weighted by Crippen LogP contribution is -2.48. The SMILES string of the molecule is O=S(=O)(NCC1CN(C2CC2)CCO1)c1cccc2c1OCCO2. The highest BCUT2D eigenvalue weighted by Gasteiger charge is 2.33. The summed E-state index contributed by atoms with van der Waals surface area (Å²) in [5.41, 5.74) is 0. The fraction of sp³-hybridized carbons (Fsp3) is 0.625. The van der Waals surface area contributed by atoms with Crippen molar-refractivity contribution in [2.24, 2.45) is 0 Å². The quantitative estimate of drug-likeness (QED) is 0.834. The second-order valence-electron chi connectivity index (χ2n) is 6.35. The molecule has 1 saturated heterocycles. The van der Waals surface area contributed by atoms with Crippen molar-refractivity contribution in [3.63, 3.8) is 0 Å². The van der Waals surface area contributed by atoms with Gasteiger partial charge in [-0.05, 0) is 25.0 Å². The molecule has 8 heteroatoms. The van der Waals surface area contributed by atoms with Crippen LogP contribution in [0.25, 0.3) is 0 Å². The molecule has 3 aliphatic rings. The second-order valence-corrected chi connectivity index (χ2v) is 8.09. The lowest BCUT2D eigenvalue weighted by Gasteiger charge is -2.33. The number of nitrogens with one attached hydrogen (secondary N) is 1. The van der Waals surface area contributed by atoms with Crippen molar-refractivity contribution in [1.82, 2.24) is 9.62 Å². The molecule has 1 aromatic rings. The predicted octanol–water partition coefficient (Wildman–Crippen LogP) is 0.599. The third kappa shape index (κ3) is 3.37. The van der Waals surface area contributed by atoms with E-state index in [0.717, 1.165) is 13.1 Å². The first-order chi connectivity index (χ1) is 11.6. The zero-order valence-electron chi connectivity index (χ0n) is 13.4. The number of hydrogen-bond donors (Lipinski definition) is 1. The first-order valence-corrected chi connectivity index (χ1v) is 9.86. The number of fused-ring (bicyclic) bond motifs is 1. The molecule has 0 radical (unpaired) electrons. The van der Waals surface area contributed by atoms with Crippen molar-refractivity contribution >= 4 is 10.0 Å². The third-order valence-corrected chi connectivity index (χ3v) is 6.00. The van der Waals surface area contributed by atoms with Crippen LogP contribution in [0.3, 0.4) is 0 Å². The Morgan fingerprint density at radius 1 is 1.17 bits per heavy atom. The maximum absolute atomic E-state index is 12.7. The minimum Gasteiger partial charge on any atom is -0.486 e. The highest BCUT2D eigenvalue weighted by Crippen LogP contribution is 2.36. The Hall–Kier alpha value is -1.35. The number of sulfonamides is 1. The molecule has 1 unspecified atom stereocenters. The average Bonchev–Trinajstić information content (AvgIpc) is 3.45. The molecule has 0 amide bonds. The van der Waals surface area contributed by atoms with Crippen LogP contribution in [0.15, 0.2) is 23.1 Å². The highest BCUT2D eigenvalue weighted by molar-refractivity contribution is 7.89.